The van der Waals surface area contributed by atoms with Gasteiger partial charge in [-0.3, -0.25) is 4.79 Å². The molecular formula is C20H21ClN6OS. The van der Waals surface area contributed by atoms with Crippen LogP contribution in [0.15, 0.2) is 58.8 Å². The molecule has 0 atom stereocenters. The predicted octanol–water partition coefficient (Wildman–Crippen LogP) is 3.44. The molecule has 0 aliphatic rings. The fourth-order valence-electron chi connectivity index (χ4n) is 2.49. The number of thioether (sulfide) groups is 1. The molecule has 0 unspecified atom stereocenters. The minimum absolute atomic E-state index is 0.184. The molecule has 7 nitrogen and oxygen atoms in total. The van der Waals surface area contributed by atoms with Crippen LogP contribution in [0, 0.1) is 0 Å². The van der Waals surface area contributed by atoms with Gasteiger partial charge in [0, 0.05) is 37.4 Å². The molecule has 1 N–H and O–H groups in total. The Kier molecular flexibility index (Phi) is 6.90. The summed E-state index contributed by atoms with van der Waals surface area (Å²) in [6.45, 7) is 0. The Morgan fingerprint density at radius 3 is 2.52 bits per heavy atom. The number of nitrogens with one attached hydrogen (secondary N) is 1. The minimum atomic E-state index is -0.216. The van der Waals surface area contributed by atoms with Gasteiger partial charge in [0.1, 0.15) is 0 Å². The first-order valence-corrected chi connectivity index (χ1v) is 10.2. The largest absolute Gasteiger partial charge is 0.378 e. The second-order valence-electron chi connectivity index (χ2n) is 6.44. The quantitative estimate of drug-likeness (QED) is 0.354. The molecule has 0 radical (unpaired) electrons. The third-order valence-electron chi connectivity index (χ3n) is 4.08. The molecule has 3 aromatic rings. The van der Waals surface area contributed by atoms with E-state index in [1.54, 1.807) is 18.3 Å². The van der Waals surface area contributed by atoms with Gasteiger partial charge in [-0.05, 0) is 42.0 Å². The number of aromatic nitrogens is 3. The summed E-state index contributed by atoms with van der Waals surface area (Å²) in [5, 5.41) is 13.7. The summed E-state index contributed by atoms with van der Waals surface area (Å²) >= 11 is 7.22. The van der Waals surface area contributed by atoms with Gasteiger partial charge in [0.05, 0.1) is 12.0 Å². The molecule has 0 saturated carbocycles. The van der Waals surface area contributed by atoms with E-state index in [2.05, 4.69) is 20.7 Å². The van der Waals surface area contributed by atoms with Crippen molar-refractivity contribution in [2.45, 2.75) is 5.16 Å². The number of nitrogens with zero attached hydrogens (tertiary/aromatic N) is 5. The minimum Gasteiger partial charge on any atom is -0.378 e. The second kappa shape index (κ2) is 9.58. The molecule has 0 spiro atoms. The van der Waals surface area contributed by atoms with Crippen LogP contribution >= 0.6 is 23.4 Å². The first-order valence-electron chi connectivity index (χ1n) is 8.81. The molecule has 1 amide bonds. The Hall–Kier alpha value is -2.84. The molecule has 9 heteroatoms. The maximum atomic E-state index is 12.1. The molecular weight excluding hydrogens is 408 g/mol. The molecule has 1 heterocycles. The van der Waals surface area contributed by atoms with Crippen LogP contribution in [0.3, 0.4) is 0 Å². The Bertz CT molecular complexity index is 999. The number of hydrogen-bond donors (Lipinski definition) is 1. The van der Waals surface area contributed by atoms with Crippen molar-refractivity contribution in [2.24, 2.45) is 12.1 Å². The average molecular weight is 429 g/mol. The Labute approximate surface area is 178 Å². The van der Waals surface area contributed by atoms with Crippen LogP contribution < -0.4 is 10.3 Å². The van der Waals surface area contributed by atoms with Gasteiger partial charge in [-0.15, -0.1) is 10.2 Å². The molecule has 0 aliphatic carbocycles. The van der Waals surface area contributed by atoms with E-state index in [0.717, 1.165) is 16.8 Å². The van der Waals surface area contributed by atoms with Crippen LogP contribution in [0.5, 0.6) is 0 Å². The smallest absolute Gasteiger partial charge is 0.250 e. The maximum Gasteiger partial charge on any atom is 0.250 e. The number of halogens is 1. The number of carbonyl (C=O) groups excluding carboxylic acids is 1. The predicted molar refractivity (Wildman–Crippen MR) is 119 cm³/mol. The van der Waals surface area contributed by atoms with E-state index < -0.39 is 0 Å². The van der Waals surface area contributed by atoms with Crippen molar-refractivity contribution < 1.29 is 4.79 Å². The van der Waals surface area contributed by atoms with Gasteiger partial charge in [0.25, 0.3) is 5.91 Å². The Balaban J connectivity index is 1.52. The van der Waals surface area contributed by atoms with E-state index >= 15 is 0 Å². The van der Waals surface area contributed by atoms with Crippen molar-refractivity contribution in [3.8, 4) is 11.4 Å². The van der Waals surface area contributed by atoms with Gasteiger partial charge < -0.3 is 9.47 Å². The Morgan fingerprint density at radius 1 is 1.17 bits per heavy atom. The Morgan fingerprint density at radius 2 is 1.86 bits per heavy atom. The molecule has 150 valence electrons. The molecule has 29 heavy (non-hydrogen) atoms. The van der Waals surface area contributed by atoms with E-state index in [4.69, 9.17) is 11.6 Å². The lowest BCUT2D eigenvalue weighted by Crippen LogP contribution is -2.19. The third-order valence-corrected chi connectivity index (χ3v) is 5.35. The topological polar surface area (TPSA) is 75.4 Å². The lowest BCUT2D eigenvalue weighted by molar-refractivity contribution is -0.118. The van der Waals surface area contributed by atoms with E-state index in [0.29, 0.717) is 16.0 Å². The number of hydrogen-bond acceptors (Lipinski definition) is 6. The standard InChI is InChI=1S/C20H21ClN6OS/c1-26(2)17-10-4-14(5-11-17)12-22-23-18(28)13-29-20-25-24-19(27(20)3)15-6-8-16(21)9-7-15/h4-12H,13H2,1-3H3,(H,23,28)/b22-12-. The van der Waals surface area contributed by atoms with Crippen LogP contribution in [-0.4, -0.2) is 46.7 Å². The summed E-state index contributed by atoms with van der Waals surface area (Å²) in [6.07, 6.45) is 1.61. The zero-order chi connectivity index (χ0) is 20.8. The van der Waals surface area contributed by atoms with E-state index in [1.165, 1.54) is 11.8 Å². The summed E-state index contributed by atoms with van der Waals surface area (Å²) in [6, 6.07) is 15.2. The highest BCUT2D eigenvalue weighted by atomic mass is 35.5. The highest BCUT2D eigenvalue weighted by Crippen LogP contribution is 2.23. The number of amides is 1. The fourth-order valence-corrected chi connectivity index (χ4v) is 3.32. The van der Waals surface area contributed by atoms with Crippen molar-refractivity contribution in [3.05, 3.63) is 59.1 Å². The van der Waals surface area contributed by atoms with Crippen molar-refractivity contribution >= 4 is 41.2 Å². The lowest BCUT2D eigenvalue weighted by atomic mass is 10.2. The van der Waals surface area contributed by atoms with E-state index in [9.17, 15) is 4.79 Å². The maximum absolute atomic E-state index is 12.1. The summed E-state index contributed by atoms with van der Waals surface area (Å²) in [7, 11) is 5.83. The first-order chi connectivity index (χ1) is 13.9. The monoisotopic (exact) mass is 428 g/mol. The van der Waals surface area contributed by atoms with Crippen LogP contribution in [0.2, 0.25) is 5.02 Å². The highest BCUT2D eigenvalue weighted by Gasteiger charge is 2.12. The van der Waals surface area contributed by atoms with E-state index in [-0.39, 0.29) is 11.7 Å². The van der Waals surface area contributed by atoms with Gasteiger partial charge in [0.15, 0.2) is 11.0 Å². The zero-order valence-corrected chi connectivity index (χ0v) is 17.9. The van der Waals surface area contributed by atoms with Crippen LogP contribution in [-0.2, 0) is 11.8 Å². The summed E-state index contributed by atoms with van der Waals surface area (Å²) in [4.78, 5) is 14.1. The highest BCUT2D eigenvalue weighted by molar-refractivity contribution is 7.99. The average Bonchev–Trinajstić information content (AvgIpc) is 3.08. The van der Waals surface area contributed by atoms with Gasteiger partial charge in [-0.2, -0.15) is 5.10 Å². The lowest BCUT2D eigenvalue weighted by Gasteiger charge is -2.11. The molecule has 3 rings (SSSR count). The number of hydrazone groups is 1. The summed E-state index contributed by atoms with van der Waals surface area (Å²) in [5.74, 6) is 0.680. The fraction of sp³-hybridized carbons (Fsp3) is 0.200. The van der Waals surface area contributed by atoms with Crippen molar-refractivity contribution in [2.75, 3.05) is 24.7 Å². The van der Waals surface area contributed by atoms with Gasteiger partial charge in [-0.1, -0.05) is 35.5 Å². The normalized spacial score (nSPS) is 11.0. The number of benzene rings is 2. The van der Waals surface area contributed by atoms with Crippen LogP contribution in [0.1, 0.15) is 5.56 Å². The molecule has 1 aromatic heterocycles. The summed E-state index contributed by atoms with van der Waals surface area (Å²) in [5.41, 5.74) is 5.45. The van der Waals surface area contributed by atoms with Crippen molar-refractivity contribution in [3.63, 3.8) is 0 Å². The molecule has 2 aromatic carbocycles. The molecule has 0 bridgehead atoms. The SMILES string of the molecule is CN(C)c1ccc(/C=N\NC(=O)CSc2nnc(-c3ccc(Cl)cc3)n2C)cc1. The number of carbonyl (C=O) groups is 1. The van der Waals surface area contributed by atoms with Crippen LogP contribution in [0.4, 0.5) is 5.69 Å². The molecule has 0 saturated heterocycles. The van der Waals surface area contributed by atoms with Crippen LogP contribution in [0.25, 0.3) is 11.4 Å². The van der Waals surface area contributed by atoms with Crippen molar-refractivity contribution in [1.29, 1.82) is 0 Å². The number of anilines is 1. The van der Waals surface area contributed by atoms with Crippen molar-refractivity contribution in [1.82, 2.24) is 20.2 Å². The van der Waals surface area contributed by atoms with E-state index in [1.807, 2.05) is 67.0 Å². The van der Waals surface area contributed by atoms with Gasteiger partial charge in [-0.25, -0.2) is 5.43 Å². The zero-order valence-electron chi connectivity index (χ0n) is 16.3. The number of rotatable bonds is 7. The third kappa shape index (κ3) is 5.58. The van der Waals surface area contributed by atoms with Gasteiger partial charge in [0.2, 0.25) is 0 Å². The molecule has 0 aliphatic heterocycles. The summed E-state index contributed by atoms with van der Waals surface area (Å²) < 4.78 is 1.84. The molecule has 0 fully saturated rings. The first kappa shape index (κ1) is 20.9. The second-order valence-corrected chi connectivity index (χ2v) is 7.82. The van der Waals surface area contributed by atoms with Gasteiger partial charge >= 0.3 is 0 Å².